The molecule has 0 bridgehead atoms. The number of nitrogens with zero attached hydrogens (tertiary/aromatic N) is 4. The number of aliphatic hydroxyl groups excluding tert-OH is 2. The van der Waals surface area contributed by atoms with Crippen molar-refractivity contribution in [3.05, 3.63) is 0 Å². The molecular weight excluding hydrogens is 340 g/mol. The molecule has 0 radical (unpaired) electrons. The number of primary amides is 2. The van der Waals surface area contributed by atoms with Gasteiger partial charge in [-0.25, -0.2) is 0 Å². The van der Waals surface area contributed by atoms with E-state index in [1.54, 1.807) is 26.0 Å². The second-order valence-electron chi connectivity index (χ2n) is 5.92. The molecular formula is C16H26N6O4. The summed E-state index contributed by atoms with van der Waals surface area (Å²) >= 11 is 0. The number of rotatable bonds is 12. The Morgan fingerprint density at radius 3 is 1.38 bits per heavy atom. The number of hydrogen-bond donors (Lipinski definition) is 4. The number of hydrogen-bond acceptors (Lipinski definition) is 8. The fourth-order valence-electron chi connectivity index (χ4n) is 2.89. The van der Waals surface area contributed by atoms with E-state index >= 15 is 0 Å². The van der Waals surface area contributed by atoms with Gasteiger partial charge in [0, 0.05) is 25.0 Å². The molecule has 0 spiro atoms. The summed E-state index contributed by atoms with van der Waals surface area (Å²) in [6, 6.07) is 3.44. The fourth-order valence-corrected chi connectivity index (χ4v) is 2.89. The molecule has 10 heteroatoms. The SMILES string of the molecule is CCC(CCO)C(C#N)(N=NC(C#N)(C(N)=O)C(CC)CCO)C(N)=O. The Morgan fingerprint density at radius 1 is 0.923 bits per heavy atom. The molecule has 0 saturated carbocycles. The highest BCUT2D eigenvalue weighted by Crippen LogP contribution is 2.33. The molecule has 10 nitrogen and oxygen atoms in total. The number of amides is 2. The van der Waals surface area contributed by atoms with Crippen molar-refractivity contribution in [2.75, 3.05) is 13.2 Å². The van der Waals surface area contributed by atoms with Crippen molar-refractivity contribution in [1.29, 1.82) is 10.5 Å². The monoisotopic (exact) mass is 366 g/mol. The van der Waals surface area contributed by atoms with Crippen LogP contribution in [0.2, 0.25) is 0 Å². The van der Waals surface area contributed by atoms with Gasteiger partial charge in [-0.1, -0.05) is 13.8 Å². The summed E-state index contributed by atoms with van der Waals surface area (Å²) < 4.78 is 0. The molecule has 0 rings (SSSR count). The quantitative estimate of drug-likeness (QED) is 0.343. The van der Waals surface area contributed by atoms with Gasteiger partial charge in [-0.15, -0.1) is 0 Å². The van der Waals surface area contributed by atoms with Gasteiger partial charge >= 0.3 is 0 Å². The third-order valence-corrected chi connectivity index (χ3v) is 4.58. The van der Waals surface area contributed by atoms with Crippen molar-refractivity contribution in [3.8, 4) is 12.1 Å². The second-order valence-corrected chi connectivity index (χ2v) is 5.92. The van der Waals surface area contributed by atoms with Crippen molar-refractivity contribution in [2.24, 2.45) is 33.5 Å². The van der Waals surface area contributed by atoms with Gasteiger partial charge in [0.05, 0.1) is 0 Å². The topological polar surface area (TPSA) is 199 Å². The van der Waals surface area contributed by atoms with Crippen molar-refractivity contribution >= 4 is 11.8 Å². The highest BCUT2D eigenvalue weighted by atomic mass is 16.3. The van der Waals surface area contributed by atoms with Crippen LogP contribution in [0.25, 0.3) is 0 Å². The highest BCUT2D eigenvalue weighted by Gasteiger charge is 2.49. The Bertz CT molecular complexity index is 559. The maximum Gasteiger partial charge on any atom is 0.262 e. The molecule has 0 aromatic heterocycles. The van der Waals surface area contributed by atoms with E-state index in [2.05, 4.69) is 10.2 Å². The van der Waals surface area contributed by atoms with Crippen LogP contribution in [0.4, 0.5) is 0 Å². The summed E-state index contributed by atoms with van der Waals surface area (Å²) in [5.41, 5.74) is 6.44. The van der Waals surface area contributed by atoms with Gasteiger partial charge in [-0.05, 0) is 25.7 Å². The standard InChI is InChI=1S/C16H26N6O4/c1-3-11(5-7-23)15(9-17,13(19)25)21-22-16(10-18,14(20)26)12(4-2)6-8-24/h11-12,23-24H,3-8H2,1-2H3,(H2,19,25)(H2,20,26). The molecule has 0 aromatic carbocycles. The summed E-state index contributed by atoms with van der Waals surface area (Å²) in [7, 11) is 0. The van der Waals surface area contributed by atoms with Crippen LogP contribution in [-0.2, 0) is 9.59 Å². The van der Waals surface area contributed by atoms with Crippen LogP contribution in [0.5, 0.6) is 0 Å². The minimum absolute atomic E-state index is 0.0516. The van der Waals surface area contributed by atoms with Gasteiger partial charge < -0.3 is 21.7 Å². The Balaban J connectivity index is 6.38. The van der Waals surface area contributed by atoms with Gasteiger partial charge in [0.25, 0.3) is 11.8 Å². The Kier molecular flexibility index (Phi) is 9.41. The molecule has 0 aliphatic heterocycles. The molecule has 4 unspecified atom stereocenters. The van der Waals surface area contributed by atoms with Crippen molar-refractivity contribution in [1.82, 2.24) is 0 Å². The maximum absolute atomic E-state index is 12.0. The third kappa shape index (κ3) is 4.54. The van der Waals surface area contributed by atoms with E-state index in [-0.39, 0.29) is 38.9 Å². The zero-order valence-electron chi connectivity index (χ0n) is 15.1. The zero-order chi connectivity index (χ0) is 20.4. The smallest absolute Gasteiger partial charge is 0.262 e. The Hall–Kier alpha value is -2.56. The van der Waals surface area contributed by atoms with Crippen LogP contribution in [-0.4, -0.2) is 46.3 Å². The van der Waals surface area contributed by atoms with Crippen LogP contribution in [0, 0.1) is 34.5 Å². The first-order valence-electron chi connectivity index (χ1n) is 8.34. The van der Waals surface area contributed by atoms with Gasteiger partial charge in [0.15, 0.2) is 0 Å². The minimum atomic E-state index is -2.15. The fraction of sp³-hybridized carbons (Fsp3) is 0.750. The van der Waals surface area contributed by atoms with E-state index in [9.17, 15) is 30.3 Å². The minimum Gasteiger partial charge on any atom is -0.396 e. The maximum atomic E-state index is 12.0. The van der Waals surface area contributed by atoms with Gasteiger partial charge in [-0.2, -0.15) is 20.8 Å². The molecule has 26 heavy (non-hydrogen) atoms. The lowest BCUT2D eigenvalue weighted by molar-refractivity contribution is -0.125. The van der Waals surface area contributed by atoms with Gasteiger partial charge in [-0.3, -0.25) is 9.59 Å². The first kappa shape index (κ1) is 23.4. The third-order valence-electron chi connectivity index (χ3n) is 4.58. The van der Waals surface area contributed by atoms with E-state index in [4.69, 9.17) is 11.5 Å². The van der Waals surface area contributed by atoms with Crippen molar-refractivity contribution in [2.45, 2.75) is 50.6 Å². The van der Waals surface area contributed by atoms with Crippen LogP contribution in [0.3, 0.4) is 0 Å². The summed E-state index contributed by atoms with van der Waals surface area (Å²) in [5, 5.41) is 45.0. The average molecular weight is 366 g/mol. The number of azo groups is 1. The number of nitriles is 2. The lowest BCUT2D eigenvalue weighted by Gasteiger charge is -2.30. The normalized spacial score (nSPS) is 18.1. The van der Waals surface area contributed by atoms with Crippen LogP contribution < -0.4 is 11.5 Å². The summed E-state index contributed by atoms with van der Waals surface area (Å²) in [4.78, 5) is 24.0. The summed E-state index contributed by atoms with van der Waals surface area (Å²) in [5.74, 6) is -3.73. The summed E-state index contributed by atoms with van der Waals surface area (Å²) in [6.45, 7) is 2.73. The number of aliphatic hydroxyl groups is 2. The predicted octanol–water partition coefficient (Wildman–Crippen LogP) is -0.249. The predicted molar refractivity (Wildman–Crippen MR) is 90.9 cm³/mol. The van der Waals surface area contributed by atoms with Crippen LogP contribution in [0.15, 0.2) is 10.2 Å². The van der Waals surface area contributed by atoms with E-state index < -0.39 is 34.7 Å². The Morgan fingerprint density at radius 2 is 1.23 bits per heavy atom. The largest absolute Gasteiger partial charge is 0.396 e. The molecule has 0 fully saturated rings. The lowest BCUT2D eigenvalue weighted by Crippen LogP contribution is -2.50. The number of carbonyl (C=O) groups excluding carboxylic acids is 2. The molecule has 144 valence electrons. The lowest BCUT2D eigenvalue weighted by atomic mass is 9.80. The van der Waals surface area contributed by atoms with Gasteiger partial charge in [0.1, 0.15) is 12.1 Å². The molecule has 6 N–H and O–H groups in total. The molecule has 4 atom stereocenters. The van der Waals surface area contributed by atoms with E-state index in [0.29, 0.717) is 0 Å². The molecule has 0 aliphatic rings. The molecule has 0 heterocycles. The Labute approximate surface area is 152 Å². The first-order chi connectivity index (χ1) is 12.3. The molecule has 0 aromatic rings. The summed E-state index contributed by atoms with van der Waals surface area (Å²) in [6.07, 6.45) is 0.659. The van der Waals surface area contributed by atoms with Crippen molar-refractivity contribution in [3.63, 3.8) is 0 Å². The number of carbonyl (C=O) groups is 2. The van der Waals surface area contributed by atoms with E-state index in [0.717, 1.165) is 0 Å². The highest BCUT2D eigenvalue weighted by molar-refractivity contribution is 5.90. The van der Waals surface area contributed by atoms with E-state index in [1.165, 1.54) is 0 Å². The van der Waals surface area contributed by atoms with E-state index in [1.807, 2.05) is 0 Å². The zero-order valence-corrected chi connectivity index (χ0v) is 15.1. The number of nitrogens with two attached hydrogens (primary N) is 2. The van der Waals surface area contributed by atoms with Crippen molar-refractivity contribution < 1.29 is 19.8 Å². The van der Waals surface area contributed by atoms with Crippen LogP contribution >= 0.6 is 0 Å². The van der Waals surface area contributed by atoms with Gasteiger partial charge in [0.2, 0.25) is 11.1 Å². The first-order valence-corrected chi connectivity index (χ1v) is 8.34. The second kappa shape index (κ2) is 10.4. The molecule has 2 amide bonds. The molecule has 0 aliphatic carbocycles. The van der Waals surface area contributed by atoms with Crippen LogP contribution in [0.1, 0.15) is 39.5 Å². The molecule has 0 saturated heterocycles. The average Bonchev–Trinajstić information content (AvgIpc) is 2.62.